The topological polar surface area (TPSA) is 15.3 Å². The van der Waals surface area contributed by atoms with Gasteiger partial charge < -0.3 is 10.2 Å². The molecule has 2 atom stereocenters. The van der Waals surface area contributed by atoms with Gasteiger partial charge in [-0.2, -0.15) is 0 Å². The summed E-state index contributed by atoms with van der Waals surface area (Å²) in [6.07, 6.45) is 7.09. The molecular weight excluding hydrogens is 184 g/mol. The maximum atomic E-state index is 3.65. The van der Waals surface area contributed by atoms with E-state index < -0.39 is 0 Å². The van der Waals surface area contributed by atoms with Crippen LogP contribution in [0.5, 0.6) is 0 Å². The first-order valence-corrected chi connectivity index (χ1v) is 6.72. The van der Waals surface area contributed by atoms with E-state index in [1.807, 2.05) is 0 Å². The highest BCUT2D eigenvalue weighted by molar-refractivity contribution is 4.78. The number of hydrogen-bond donors (Lipinski definition) is 1. The largest absolute Gasteiger partial charge is 0.312 e. The van der Waals surface area contributed by atoms with Crippen molar-refractivity contribution >= 4 is 0 Å². The number of hydrogen-bond acceptors (Lipinski definition) is 2. The minimum atomic E-state index is 0.698. The Morgan fingerprint density at radius 2 is 1.60 bits per heavy atom. The summed E-state index contributed by atoms with van der Waals surface area (Å²) in [4.78, 5) is 2.69. The normalized spacial score (nSPS) is 34.8. The molecule has 1 saturated heterocycles. The third-order valence-corrected chi connectivity index (χ3v) is 3.88. The van der Waals surface area contributed by atoms with E-state index in [2.05, 4.69) is 24.1 Å². The van der Waals surface area contributed by atoms with Gasteiger partial charge in [0, 0.05) is 12.1 Å². The fraction of sp³-hybridized carbons (Fsp3) is 1.00. The van der Waals surface area contributed by atoms with Gasteiger partial charge in [0.05, 0.1) is 0 Å². The lowest BCUT2D eigenvalue weighted by atomic mass is 10.1. The average Bonchev–Trinajstić information content (AvgIpc) is 2.98. The van der Waals surface area contributed by atoms with Crippen LogP contribution < -0.4 is 5.32 Å². The van der Waals surface area contributed by atoms with Gasteiger partial charge in [-0.25, -0.2) is 0 Å². The molecule has 88 valence electrons. The third kappa shape index (κ3) is 4.12. The fourth-order valence-electron chi connectivity index (χ4n) is 2.51. The number of rotatable bonds is 3. The van der Waals surface area contributed by atoms with Crippen molar-refractivity contribution in [2.24, 2.45) is 5.92 Å². The second-order valence-corrected chi connectivity index (χ2v) is 5.62. The number of nitrogens with zero attached hydrogens (tertiary/aromatic N) is 1. The Kier molecular flexibility index (Phi) is 4.04. The van der Waals surface area contributed by atoms with Crippen LogP contribution in [0.25, 0.3) is 0 Å². The highest BCUT2D eigenvalue weighted by Gasteiger charge is 2.22. The van der Waals surface area contributed by atoms with E-state index in [-0.39, 0.29) is 0 Å². The van der Waals surface area contributed by atoms with Gasteiger partial charge in [0.1, 0.15) is 0 Å². The Bertz CT molecular complexity index is 174. The first kappa shape index (κ1) is 11.4. The van der Waals surface area contributed by atoms with E-state index in [9.17, 15) is 0 Å². The molecule has 2 heteroatoms. The van der Waals surface area contributed by atoms with Gasteiger partial charge in [-0.05, 0) is 58.7 Å². The van der Waals surface area contributed by atoms with Crippen molar-refractivity contribution < 1.29 is 0 Å². The van der Waals surface area contributed by atoms with Gasteiger partial charge in [0.2, 0.25) is 0 Å². The van der Waals surface area contributed by atoms with Crippen molar-refractivity contribution in [2.75, 3.05) is 19.6 Å². The summed E-state index contributed by atoms with van der Waals surface area (Å²) in [5.74, 6) is 1.09. The molecule has 1 heterocycles. The minimum Gasteiger partial charge on any atom is -0.312 e. The van der Waals surface area contributed by atoms with Gasteiger partial charge in [0.15, 0.2) is 0 Å². The quantitative estimate of drug-likeness (QED) is 0.768. The zero-order valence-electron chi connectivity index (χ0n) is 10.3. The summed E-state index contributed by atoms with van der Waals surface area (Å²) >= 11 is 0. The first-order valence-electron chi connectivity index (χ1n) is 6.72. The predicted molar refractivity (Wildman–Crippen MR) is 65.1 cm³/mol. The van der Waals surface area contributed by atoms with Crippen molar-refractivity contribution in [1.29, 1.82) is 0 Å². The monoisotopic (exact) mass is 210 g/mol. The SMILES string of the molecule is CC1CCN(CCC2CC2)CCC(C)N1. The number of nitrogens with one attached hydrogen (secondary N) is 1. The van der Waals surface area contributed by atoms with Gasteiger partial charge in [-0.1, -0.05) is 12.8 Å². The van der Waals surface area contributed by atoms with E-state index >= 15 is 0 Å². The molecule has 1 aliphatic carbocycles. The molecule has 0 aromatic carbocycles. The van der Waals surface area contributed by atoms with Crippen molar-refractivity contribution in [2.45, 2.75) is 58.0 Å². The van der Waals surface area contributed by atoms with Gasteiger partial charge in [-0.3, -0.25) is 0 Å². The zero-order valence-corrected chi connectivity index (χ0v) is 10.3. The second kappa shape index (κ2) is 5.31. The van der Waals surface area contributed by atoms with Crippen molar-refractivity contribution in [3.8, 4) is 0 Å². The fourth-order valence-corrected chi connectivity index (χ4v) is 2.51. The highest BCUT2D eigenvalue weighted by atomic mass is 15.1. The van der Waals surface area contributed by atoms with Crippen LogP contribution >= 0.6 is 0 Å². The van der Waals surface area contributed by atoms with Crippen LogP contribution in [0.4, 0.5) is 0 Å². The molecular formula is C13H26N2. The van der Waals surface area contributed by atoms with Crippen LogP contribution in [-0.2, 0) is 0 Å². The lowest BCUT2D eigenvalue weighted by Gasteiger charge is -2.30. The summed E-state index contributed by atoms with van der Waals surface area (Å²) in [6, 6.07) is 1.40. The smallest absolute Gasteiger partial charge is 0.00533 e. The van der Waals surface area contributed by atoms with Crippen LogP contribution in [0, 0.1) is 5.92 Å². The lowest BCUT2D eigenvalue weighted by molar-refractivity contribution is 0.214. The first-order chi connectivity index (χ1) is 7.24. The van der Waals surface area contributed by atoms with Crippen LogP contribution in [0.2, 0.25) is 0 Å². The van der Waals surface area contributed by atoms with E-state index in [0.717, 1.165) is 5.92 Å². The standard InChI is InChI=1S/C13H26N2/c1-11-5-8-15(9-6-12(2)14-11)10-7-13-3-4-13/h11-14H,3-10H2,1-2H3. The molecule has 0 radical (unpaired) electrons. The Balaban J connectivity index is 1.71. The highest BCUT2D eigenvalue weighted by Crippen LogP contribution is 2.32. The van der Waals surface area contributed by atoms with Gasteiger partial charge in [-0.15, -0.1) is 0 Å². The van der Waals surface area contributed by atoms with Crippen molar-refractivity contribution in [3.63, 3.8) is 0 Å². The Labute approximate surface area is 94.4 Å². The van der Waals surface area contributed by atoms with E-state index in [0.29, 0.717) is 12.1 Å². The molecule has 2 fully saturated rings. The molecule has 0 aromatic heterocycles. The Morgan fingerprint density at radius 1 is 1.00 bits per heavy atom. The van der Waals surface area contributed by atoms with E-state index in [1.54, 1.807) is 0 Å². The maximum absolute atomic E-state index is 3.65. The maximum Gasteiger partial charge on any atom is 0.00533 e. The molecule has 1 saturated carbocycles. The molecule has 15 heavy (non-hydrogen) atoms. The molecule has 1 N–H and O–H groups in total. The predicted octanol–water partition coefficient (Wildman–Crippen LogP) is 2.25. The Hall–Kier alpha value is -0.0800. The van der Waals surface area contributed by atoms with Gasteiger partial charge >= 0.3 is 0 Å². The molecule has 2 rings (SSSR count). The molecule has 0 spiro atoms. The van der Waals surface area contributed by atoms with Crippen LogP contribution in [-0.4, -0.2) is 36.6 Å². The molecule has 0 bridgehead atoms. The zero-order chi connectivity index (χ0) is 10.7. The van der Waals surface area contributed by atoms with E-state index in [1.165, 1.54) is 51.7 Å². The van der Waals surface area contributed by atoms with Crippen molar-refractivity contribution in [3.05, 3.63) is 0 Å². The molecule has 2 aliphatic rings. The lowest BCUT2D eigenvalue weighted by Crippen LogP contribution is -2.43. The molecule has 0 aromatic rings. The summed E-state index contributed by atoms with van der Waals surface area (Å²) in [6.45, 7) is 8.59. The molecule has 2 unspecified atom stereocenters. The third-order valence-electron chi connectivity index (χ3n) is 3.88. The molecule has 1 aliphatic heterocycles. The second-order valence-electron chi connectivity index (χ2n) is 5.62. The molecule has 2 nitrogen and oxygen atoms in total. The van der Waals surface area contributed by atoms with E-state index in [4.69, 9.17) is 0 Å². The summed E-state index contributed by atoms with van der Waals surface area (Å²) < 4.78 is 0. The summed E-state index contributed by atoms with van der Waals surface area (Å²) in [7, 11) is 0. The van der Waals surface area contributed by atoms with Gasteiger partial charge in [0.25, 0.3) is 0 Å². The van der Waals surface area contributed by atoms with Crippen molar-refractivity contribution in [1.82, 2.24) is 10.2 Å². The molecule has 0 amide bonds. The minimum absolute atomic E-state index is 0.698. The average molecular weight is 210 g/mol. The summed E-state index contributed by atoms with van der Waals surface area (Å²) in [5.41, 5.74) is 0. The van der Waals surface area contributed by atoms with Crippen LogP contribution in [0.15, 0.2) is 0 Å². The Morgan fingerprint density at radius 3 is 2.13 bits per heavy atom. The van der Waals surface area contributed by atoms with Crippen LogP contribution in [0.1, 0.15) is 46.0 Å². The summed E-state index contributed by atoms with van der Waals surface area (Å²) in [5, 5.41) is 3.65. The van der Waals surface area contributed by atoms with Crippen LogP contribution in [0.3, 0.4) is 0 Å².